The predicted molar refractivity (Wildman–Crippen MR) is 122 cm³/mol. The maximum atomic E-state index is 13.1. The molecule has 31 heavy (non-hydrogen) atoms. The summed E-state index contributed by atoms with van der Waals surface area (Å²) in [4.78, 5) is 19.0. The second-order valence-corrected chi connectivity index (χ2v) is 9.76. The quantitative estimate of drug-likeness (QED) is 0.665. The molecule has 0 bridgehead atoms. The van der Waals surface area contributed by atoms with Crippen LogP contribution >= 0.6 is 0 Å². The van der Waals surface area contributed by atoms with Crippen LogP contribution < -0.4 is 4.74 Å². The van der Waals surface area contributed by atoms with Gasteiger partial charge in [-0.1, -0.05) is 36.8 Å². The highest BCUT2D eigenvalue weighted by atomic mass is 16.5. The molecule has 1 amide bonds. The van der Waals surface area contributed by atoms with Gasteiger partial charge in [-0.15, -0.1) is 0 Å². The Bertz CT molecular complexity index is 1150. The summed E-state index contributed by atoms with van der Waals surface area (Å²) >= 11 is 0. The Kier molecular flexibility index (Phi) is 4.38. The van der Waals surface area contributed by atoms with Crippen LogP contribution in [-0.4, -0.2) is 36.0 Å². The maximum absolute atomic E-state index is 13.1. The zero-order chi connectivity index (χ0) is 21.0. The van der Waals surface area contributed by atoms with Gasteiger partial charge in [0.1, 0.15) is 5.75 Å². The van der Waals surface area contributed by atoms with Gasteiger partial charge in [-0.25, -0.2) is 0 Å². The fourth-order valence-electron chi connectivity index (χ4n) is 6.29. The minimum Gasteiger partial charge on any atom is -0.497 e. The highest BCUT2D eigenvalue weighted by molar-refractivity contribution is 5.85. The molecule has 2 heterocycles. The number of carbonyl (C=O) groups excluding carboxylic acids is 1. The Morgan fingerprint density at radius 3 is 2.84 bits per heavy atom. The van der Waals surface area contributed by atoms with Crippen LogP contribution in [0, 0.1) is 11.8 Å². The third-order valence-corrected chi connectivity index (χ3v) is 8.31. The van der Waals surface area contributed by atoms with Crippen LogP contribution in [0.5, 0.6) is 5.75 Å². The Balaban J connectivity index is 1.43. The molecule has 1 aromatic heterocycles. The van der Waals surface area contributed by atoms with E-state index in [2.05, 4.69) is 52.3 Å². The van der Waals surface area contributed by atoms with E-state index in [0.717, 1.165) is 50.9 Å². The van der Waals surface area contributed by atoms with Crippen LogP contribution in [0.1, 0.15) is 42.5 Å². The van der Waals surface area contributed by atoms with E-state index in [1.54, 1.807) is 7.11 Å². The normalized spacial score (nSPS) is 25.6. The fraction of sp³-hybridized carbons (Fsp3) is 0.444. The van der Waals surface area contributed by atoms with Crippen molar-refractivity contribution in [3.8, 4) is 5.75 Å². The van der Waals surface area contributed by atoms with Crippen LogP contribution in [-0.2, 0) is 23.1 Å². The summed E-state index contributed by atoms with van der Waals surface area (Å²) in [6.07, 6.45) is 6.39. The number of piperidine rings is 1. The average Bonchev–Trinajstić information content (AvgIpc) is 3.13. The first-order chi connectivity index (χ1) is 15.2. The van der Waals surface area contributed by atoms with Crippen LogP contribution in [0.3, 0.4) is 0 Å². The average molecular weight is 415 g/mol. The van der Waals surface area contributed by atoms with Gasteiger partial charge in [0, 0.05) is 41.0 Å². The van der Waals surface area contributed by atoms with E-state index in [1.807, 2.05) is 6.07 Å². The second-order valence-electron chi connectivity index (χ2n) is 9.76. The lowest BCUT2D eigenvalue weighted by Gasteiger charge is -2.51. The number of carbonyl (C=O) groups is 1. The molecule has 6 rings (SSSR count). The van der Waals surface area contributed by atoms with Gasteiger partial charge in [-0.3, -0.25) is 4.79 Å². The summed E-state index contributed by atoms with van der Waals surface area (Å²) in [5, 5.41) is 1.35. The van der Waals surface area contributed by atoms with Gasteiger partial charge in [0.2, 0.25) is 5.91 Å². The van der Waals surface area contributed by atoms with Crippen LogP contribution in [0.4, 0.5) is 0 Å². The van der Waals surface area contributed by atoms with Crippen molar-refractivity contribution >= 4 is 16.8 Å². The molecule has 1 saturated carbocycles. The lowest BCUT2D eigenvalue weighted by atomic mass is 9.58. The van der Waals surface area contributed by atoms with E-state index in [0.29, 0.717) is 11.8 Å². The number of hydrogen-bond acceptors (Lipinski definition) is 2. The zero-order valence-electron chi connectivity index (χ0n) is 18.2. The number of para-hydroxylation sites is 1. The third-order valence-electron chi connectivity index (χ3n) is 8.31. The van der Waals surface area contributed by atoms with Gasteiger partial charge in [-0.2, -0.15) is 0 Å². The topological polar surface area (TPSA) is 45.3 Å². The molecule has 0 radical (unpaired) electrons. The molecule has 2 aromatic carbocycles. The zero-order valence-corrected chi connectivity index (χ0v) is 18.2. The molecule has 1 saturated heterocycles. The minimum atomic E-state index is 0.0405. The number of benzene rings is 2. The fourth-order valence-corrected chi connectivity index (χ4v) is 6.29. The number of ether oxygens (including phenoxy) is 1. The summed E-state index contributed by atoms with van der Waals surface area (Å²) < 4.78 is 5.58. The van der Waals surface area contributed by atoms with Gasteiger partial charge in [0.25, 0.3) is 0 Å². The Morgan fingerprint density at radius 1 is 1.16 bits per heavy atom. The van der Waals surface area contributed by atoms with Crippen molar-refractivity contribution in [2.24, 2.45) is 11.8 Å². The van der Waals surface area contributed by atoms with E-state index >= 15 is 0 Å². The highest BCUT2D eigenvalue weighted by Crippen LogP contribution is 2.50. The highest BCUT2D eigenvalue weighted by Gasteiger charge is 2.49. The molecule has 2 atom stereocenters. The monoisotopic (exact) mass is 414 g/mol. The second kappa shape index (κ2) is 7.15. The molecule has 2 fully saturated rings. The van der Waals surface area contributed by atoms with Gasteiger partial charge in [0.15, 0.2) is 0 Å². The summed E-state index contributed by atoms with van der Waals surface area (Å²) in [5.41, 5.74) is 5.46. The van der Waals surface area contributed by atoms with Crippen LogP contribution in [0.2, 0.25) is 0 Å². The smallest absolute Gasteiger partial charge is 0.225 e. The van der Waals surface area contributed by atoms with Crippen molar-refractivity contribution < 1.29 is 9.53 Å². The van der Waals surface area contributed by atoms with Crippen molar-refractivity contribution in [2.45, 2.75) is 43.9 Å². The first kappa shape index (κ1) is 19.0. The van der Waals surface area contributed by atoms with Crippen molar-refractivity contribution in [1.82, 2.24) is 9.88 Å². The number of aromatic nitrogens is 1. The number of H-pyrrole nitrogens is 1. The van der Waals surface area contributed by atoms with E-state index in [9.17, 15) is 4.79 Å². The van der Waals surface area contributed by atoms with E-state index in [4.69, 9.17) is 4.74 Å². The molecule has 1 N–H and O–H groups in total. The lowest BCUT2D eigenvalue weighted by Crippen LogP contribution is -2.56. The first-order valence-corrected chi connectivity index (χ1v) is 11.7. The van der Waals surface area contributed by atoms with E-state index in [1.165, 1.54) is 34.1 Å². The SMILES string of the molecule is COc1cccc([C@]23CCN(C(=O)C4CCC4)CC2Cc2c([nH]c4ccccc24)C3)c1. The van der Waals surface area contributed by atoms with Crippen LogP contribution in [0.25, 0.3) is 10.9 Å². The van der Waals surface area contributed by atoms with Gasteiger partial charge in [0.05, 0.1) is 7.11 Å². The number of nitrogens with zero attached hydrogens (tertiary/aromatic N) is 1. The maximum Gasteiger partial charge on any atom is 0.225 e. The van der Waals surface area contributed by atoms with Gasteiger partial charge < -0.3 is 14.6 Å². The molecule has 2 aliphatic carbocycles. The number of methoxy groups -OCH3 is 1. The Hall–Kier alpha value is -2.75. The summed E-state index contributed by atoms with van der Waals surface area (Å²) in [5.74, 6) is 2.01. The molecule has 3 aliphatic rings. The number of amides is 1. The molecule has 3 aromatic rings. The van der Waals surface area contributed by atoms with Gasteiger partial charge in [-0.05, 0) is 67.3 Å². The summed E-state index contributed by atoms with van der Waals surface area (Å²) in [6, 6.07) is 17.3. The van der Waals surface area contributed by atoms with E-state index < -0.39 is 0 Å². The van der Waals surface area contributed by atoms with E-state index in [-0.39, 0.29) is 11.3 Å². The molecule has 0 spiro atoms. The Morgan fingerprint density at radius 2 is 2.03 bits per heavy atom. The standard InChI is InChI=1S/C27H30N2O2/c1-31-21-9-5-8-19(14-21)27-12-13-29(26(30)18-6-4-7-18)17-20(27)15-23-22-10-2-3-11-24(22)28-25(23)16-27/h2-3,5,8-11,14,18,20,28H,4,6-7,12-13,15-17H2,1H3/t20?,27-/m1/s1. The van der Waals surface area contributed by atoms with Crippen LogP contribution in [0.15, 0.2) is 48.5 Å². The first-order valence-electron chi connectivity index (χ1n) is 11.7. The molecule has 1 aliphatic heterocycles. The predicted octanol–water partition coefficient (Wildman–Crippen LogP) is 4.86. The Labute approximate surface area is 183 Å². The molecule has 4 heteroatoms. The molecule has 160 valence electrons. The number of fused-ring (bicyclic) bond motifs is 4. The largest absolute Gasteiger partial charge is 0.497 e. The van der Waals surface area contributed by atoms with Crippen molar-refractivity contribution in [2.75, 3.05) is 20.2 Å². The minimum absolute atomic E-state index is 0.0405. The summed E-state index contributed by atoms with van der Waals surface area (Å²) in [6.45, 7) is 1.73. The van der Waals surface area contributed by atoms with Gasteiger partial charge >= 0.3 is 0 Å². The molecule has 4 nitrogen and oxygen atoms in total. The number of likely N-dealkylation sites (tertiary alicyclic amines) is 1. The summed E-state index contributed by atoms with van der Waals surface area (Å²) in [7, 11) is 1.74. The van der Waals surface area contributed by atoms with Crippen molar-refractivity contribution in [1.29, 1.82) is 0 Å². The molecule has 1 unspecified atom stereocenters. The van der Waals surface area contributed by atoms with Crippen molar-refractivity contribution in [3.63, 3.8) is 0 Å². The number of aromatic amines is 1. The number of hydrogen-bond donors (Lipinski definition) is 1. The lowest BCUT2D eigenvalue weighted by molar-refractivity contribution is -0.141. The number of rotatable bonds is 3. The molecular formula is C27H30N2O2. The third kappa shape index (κ3) is 2.91. The number of nitrogens with one attached hydrogen (secondary N) is 1. The molecular weight excluding hydrogens is 384 g/mol. The van der Waals surface area contributed by atoms with Crippen molar-refractivity contribution in [3.05, 3.63) is 65.4 Å².